The quantitative estimate of drug-likeness (QED) is 0.764. The van der Waals surface area contributed by atoms with Gasteiger partial charge in [0.05, 0.1) is 0 Å². The Morgan fingerprint density at radius 2 is 1.83 bits per heavy atom. The van der Waals surface area contributed by atoms with Gasteiger partial charge in [-0.1, -0.05) is 59.4 Å². The molecule has 0 bridgehead atoms. The molecule has 0 amide bonds. The highest BCUT2D eigenvalue weighted by atomic mass is 35.5. The molecular formula is C15H16ClNO. The van der Waals surface area contributed by atoms with Crippen LogP contribution in [-0.4, -0.2) is 5.16 Å². The maximum absolute atomic E-state index is 6.42. The van der Waals surface area contributed by atoms with Crippen LogP contribution < -0.4 is 0 Å². The number of benzene rings is 1. The zero-order chi connectivity index (χ0) is 12.5. The lowest BCUT2D eigenvalue weighted by Crippen LogP contribution is -1.89. The van der Waals surface area contributed by atoms with Crippen LogP contribution in [0.1, 0.15) is 42.9 Å². The fourth-order valence-corrected chi connectivity index (χ4v) is 2.96. The van der Waals surface area contributed by atoms with Crippen LogP contribution in [0.5, 0.6) is 0 Å². The minimum Gasteiger partial charge on any atom is -0.359 e. The van der Waals surface area contributed by atoms with Crippen molar-refractivity contribution in [1.29, 1.82) is 0 Å². The van der Waals surface area contributed by atoms with Gasteiger partial charge in [-0.15, -0.1) is 0 Å². The number of nitrogens with zero attached hydrogens (tertiary/aromatic N) is 1. The molecule has 1 aromatic heterocycles. The minimum atomic E-state index is 0.462. The van der Waals surface area contributed by atoms with Gasteiger partial charge in [0.15, 0.2) is 5.76 Å². The van der Waals surface area contributed by atoms with Crippen LogP contribution in [0.15, 0.2) is 28.8 Å². The Kier molecular flexibility index (Phi) is 3.13. The van der Waals surface area contributed by atoms with Crippen molar-refractivity contribution in [3.05, 3.63) is 40.6 Å². The van der Waals surface area contributed by atoms with E-state index in [0.717, 1.165) is 17.0 Å². The zero-order valence-electron chi connectivity index (χ0n) is 10.4. The third-order valence-corrected chi connectivity index (χ3v) is 4.08. The molecule has 18 heavy (non-hydrogen) atoms. The fraction of sp³-hybridized carbons (Fsp3) is 0.400. The molecule has 1 fully saturated rings. The average Bonchev–Trinajstić information content (AvgIpc) is 2.99. The van der Waals surface area contributed by atoms with Gasteiger partial charge in [0.2, 0.25) is 0 Å². The summed E-state index contributed by atoms with van der Waals surface area (Å²) in [5, 5.41) is 4.85. The normalized spacial score (nSPS) is 16.3. The predicted molar refractivity (Wildman–Crippen MR) is 72.9 cm³/mol. The Bertz CT molecular complexity index is 538. The van der Waals surface area contributed by atoms with Crippen molar-refractivity contribution in [3.8, 4) is 11.3 Å². The molecule has 1 aromatic carbocycles. The average molecular weight is 262 g/mol. The Morgan fingerprint density at radius 1 is 1.17 bits per heavy atom. The van der Waals surface area contributed by atoms with Gasteiger partial charge in [-0.2, -0.15) is 0 Å². The van der Waals surface area contributed by atoms with Crippen LogP contribution in [-0.2, 0) is 0 Å². The van der Waals surface area contributed by atoms with Crippen molar-refractivity contribution < 1.29 is 4.52 Å². The zero-order valence-corrected chi connectivity index (χ0v) is 11.2. The topological polar surface area (TPSA) is 26.0 Å². The lowest BCUT2D eigenvalue weighted by Gasteiger charge is -2.03. The number of rotatable bonds is 2. The number of aromatic nitrogens is 1. The highest BCUT2D eigenvalue weighted by Crippen LogP contribution is 2.41. The largest absolute Gasteiger partial charge is 0.359 e. The molecule has 2 nitrogen and oxygen atoms in total. The standard InChI is InChI=1S/C15H16ClNO/c1-10-6-8-11(9-7-10)14-13(16)15(18-17-14)12-4-2-3-5-12/h6-9,12H,2-5H2,1H3. The first-order chi connectivity index (χ1) is 8.75. The predicted octanol–water partition coefficient (Wildman–Crippen LogP) is 4.96. The van der Waals surface area contributed by atoms with Crippen LogP contribution in [0.2, 0.25) is 5.02 Å². The van der Waals surface area contributed by atoms with E-state index in [1.807, 2.05) is 12.1 Å². The third kappa shape index (κ3) is 2.05. The first-order valence-corrected chi connectivity index (χ1v) is 6.85. The van der Waals surface area contributed by atoms with E-state index in [9.17, 15) is 0 Å². The number of halogens is 1. The summed E-state index contributed by atoms with van der Waals surface area (Å²) in [5.41, 5.74) is 3.03. The monoisotopic (exact) mass is 261 g/mol. The van der Waals surface area contributed by atoms with Gasteiger partial charge < -0.3 is 4.52 Å². The first kappa shape index (κ1) is 11.8. The Labute approximate surface area is 112 Å². The van der Waals surface area contributed by atoms with Crippen molar-refractivity contribution in [3.63, 3.8) is 0 Å². The van der Waals surface area contributed by atoms with Crippen molar-refractivity contribution in [2.24, 2.45) is 0 Å². The van der Waals surface area contributed by atoms with E-state index in [4.69, 9.17) is 16.1 Å². The van der Waals surface area contributed by atoms with Crippen molar-refractivity contribution in [2.75, 3.05) is 0 Å². The van der Waals surface area contributed by atoms with Crippen LogP contribution in [0.3, 0.4) is 0 Å². The SMILES string of the molecule is Cc1ccc(-c2noc(C3CCCC3)c2Cl)cc1. The molecule has 0 unspecified atom stereocenters. The number of aryl methyl sites for hydroxylation is 1. The summed E-state index contributed by atoms with van der Waals surface area (Å²) in [4.78, 5) is 0. The van der Waals surface area contributed by atoms with Crippen LogP contribution in [0, 0.1) is 6.92 Å². The van der Waals surface area contributed by atoms with Gasteiger partial charge in [-0.25, -0.2) is 0 Å². The summed E-state index contributed by atoms with van der Waals surface area (Å²) in [7, 11) is 0. The van der Waals surface area contributed by atoms with Crippen molar-refractivity contribution in [1.82, 2.24) is 5.16 Å². The molecule has 0 N–H and O–H groups in total. The summed E-state index contributed by atoms with van der Waals surface area (Å²) in [5.74, 6) is 1.34. The fourth-order valence-electron chi connectivity index (χ4n) is 2.62. The van der Waals surface area contributed by atoms with Crippen molar-refractivity contribution in [2.45, 2.75) is 38.5 Å². The van der Waals surface area contributed by atoms with Gasteiger partial charge >= 0.3 is 0 Å². The first-order valence-electron chi connectivity index (χ1n) is 6.48. The summed E-state index contributed by atoms with van der Waals surface area (Å²) in [6.45, 7) is 2.07. The second-order valence-electron chi connectivity index (χ2n) is 5.06. The summed E-state index contributed by atoms with van der Waals surface area (Å²) in [6.07, 6.45) is 4.87. The van der Waals surface area contributed by atoms with E-state index in [1.165, 1.54) is 31.2 Å². The summed E-state index contributed by atoms with van der Waals surface area (Å²) < 4.78 is 5.48. The van der Waals surface area contributed by atoms with Crippen LogP contribution in [0.4, 0.5) is 0 Å². The van der Waals surface area contributed by atoms with Crippen LogP contribution in [0.25, 0.3) is 11.3 Å². The Hall–Kier alpha value is -1.28. The molecule has 2 aromatic rings. The van der Waals surface area contributed by atoms with Crippen molar-refractivity contribution >= 4 is 11.6 Å². The van der Waals surface area contributed by atoms with E-state index in [2.05, 4.69) is 24.2 Å². The highest BCUT2D eigenvalue weighted by Gasteiger charge is 2.26. The summed E-state index contributed by atoms with van der Waals surface area (Å²) in [6, 6.07) is 8.21. The van der Waals surface area contributed by atoms with E-state index >= 15 is 0 Å². The highest BCUT2D eigenvalue weighted by molar-refractivity contribution is 6.33. The molecule has 94 valence electrons. The number of hydrogen-bond acceptors (Lipinski definition) is 2. The van der Waals surface area contributed by atoms with Gasteiger partial charge in [0.25, 0.3) is 0 Å². The van der Waals surface area contributed by atoms with E-state index in [1.54, 1.807) is 0 Å². The second-order valence-corrected chi connectivity index (χ2v) is 5.43. The molecule has 0 aliphatic heterocycles. The molecule has 3 heteroatoms. The van der Waals surface area contributed by atoms with E-state index in [-0.39, 0.29) is 0 Å². The Balaban J connectivity index is 1.96. The number of hydrogen-bond donors (Lipinski definition) is 0. The van der Waals surface area contributed by atoms with Gasteiger partial charge in [-0.05, 0) is 19.8 Å². The summed E-state index contributed by atoms with van der Waals surface area (Å²) >= 11 is 6.42. The molecule has 1 aliphatic carbocycles. The molecule has 0 saturated heterocycles. The third-order valence-electron chi connectivity index (χ3n) is 3.71. The molecule has 0 radical (unpaired) electrons. The second kappa shape index (κ2) is 4.77. The van der Waals surface area contributed by atoms with Gasteiger partial charge in [-0.3, -0.25) is 0 Å². The molecular weight excluding hydrogens is 246 g/mol. The van der Waals surface area contributed by atoms with Gasteiger partial charge in [0, 0.05) is 11.5 Å². The smallest absolute Gasteiger partial charge is 0.159 e. The van der Waals surface area contributed by atoms with Gasteiger partial charge in [0.1, 0.15) is 10.7 Å². The lowest BCUT2D eigenvalue weighted by atomic mass is 10.0. The molecule has 3 rings (SSSR count). The van der Waals surface area contributed by atoms with E-state index in [0.29, 0.717) is 10.9 Å². The van der Waals surface area contributed by atoms with E-state index < -0.39 is 0 Å². The Morgan fingerprint density at radius 3 is 2.50 bits per heavy atom. The minimum absolute atomic E-state index is 0.462. The maximum Gasteiger partial charge on any atom is 0.159 e. The maximum atomic E-state index is 6.42. The molecule has 0 spiro atoms. The molecule has 1 saturated carbocycles. The molecule has 1 aliphatic rings. The van der Waals surface area contributed by atoms with Crippen LogP contribution >= 0.6 is 11.6 Å². The lowest BCUT2D eigenvalue weighted by molar-refractivity contribution is 0.362. The molecule has 1 heterocycles. The molecule has 0 atom stereocenters.